The largest absolute Gasteiger partial charge is 0.396 e. The molecule has 0 aliphatic heterocycles. The van der Waals surface area contributed by atoms with Crippen molar-refractivity contribution < 1.29 is 4.39 Å². The second-order valence-electron chi connectivity index (χ2n) is 3.10. The van der Waals surface area contributed by atoms with E-state index in [1.165, 1.54) is 12.3 Å². The lowest BCUT2D eigenvalue weighted by atomic mass is 10.1. The fourth-order valence-corrected chi connectivity index (χ4v) is 2.11. The van der Waals surface area contributed by atoms with Crippen molar-refractivity contribution in [2.75, 3.05) is 18.1 Å². The minimum Gasteiger partial charge on any atom is -0.396 e. The summed E-state index contributed by atoms with van der Waals surface area (Å²) in [7, 11) is 1.78. The van der Waals surface area contributed by atoms with Gasteiger partial charge >= 0.3 is 0 Å². The van der Waals surface area contributed by atoms with Crippen LogP contribution in [-0.2, 0) is 0 Å². The number of hydrogen-bond acceptors (Lipinski definition) is 3. The highest BCUT2D eigenvalue weighted by Gasteiger charge is 2.10. The van der Waals surface area contributed by atoms with Gasteiger partial charge in [0.1, 0.15) is 5.82 Å². The Morgan fingerprint density at radius 1 is 1.47 bits per heavy atom. The van der Waals surface area contributed by atoms with E-state index >= 15 is 0 Å². The summed E-state index contributed by atoms with van der Waals surface area (Å²) in [6.45, 7) is 0. The molecule has 2 aromatic rings. The minimum absolute atomic E-state index is 0.262. The Morgan fingerprint density at radius 3 is 2.87 bits per heavy atom. The molecule has 78 valence electrons. The Kier molecular flexibility index (Phi) is 2.64. The second kappa shape index (κ2) is 3.80. The Morgan fingerprint density at radius 2 is 2.20 bits per heavy atom. The number of anilines is 2. The highest BCUT2D eigenvalue weighted by Crippen LogP contribution is 2.30. The van der Waals surface area contributed by atoms with Crippen molar-refractivity contribution in [2.45, 2.75) is 0 Å². The van der Waals surface area contributed by atoms with Crippen LogP contribution in [0.3, 0.4) is 0 Å². The van der Waals surface area contributed by atoms with Crippen LogP contribution in [0.2, 0.25) is 0 Å². The van der Waals surface area contributed by atoms with Gasteiger partial charge in [0, 0.05) is 12.4 Å². The third-order valence-electron chi connectivity index (χ3n) is 2.21. The summed E-state index contributed by atoms with van der Waals surface area (Å²) in [5.41, 5.74) is 7.75. The van der Waals surface area contributed by atoms with Crippen molar-refractivity contribution in [3.8, 4) is 0 Å². The van der Waals surface area contributed by atoms with E-state index in [1.54, 1.807) is 13.1 Å². The van der Waals surface area contributed by atoms with Crippen LogP contribution in [0, 0.1) is 9.39 Å². The summed E-state index contributed by atoms with van der Waals surface area (Å²) in [4.78, 5) is 4.14. The number of aromatic nitrogens is 1. The molecule has 0 saturated carbocycles. The normalized spacial score (nSPS) is 10.6. The quantitative estimate of drug-likeness (QED) is 0.795. The van der Waals surface area contributed by atoms with Crippen molar-refractivity contribution in [3.05, 3.63) is 27.7 Å². The molecule has 0 amide bonds. The minimum atomic E-state index is -0.262. The first-order chi connectivity index (χ1) is 7.15. The van der Waals surface area contributed by atoms with E-state index < -0.39 is 0 Å². The average Bonchev–Trinajstić information content (AvgIpc) is 2.23. The van der Waals surface area contributed by atoms with Gasteiger partial charge in [-0.1, -0.05) is 0 Å². The standard InChI is InChI=1S/C10H9FIN3/c1-14-9-5-2-3-6(11)8(12)10(5)15-4-7(9)13/h2-4H,13H2,1H3,(H,14,15). The maximum absolute atomic E-state index is 13.3. The van der Waals surface area contributed by atoms with Crippen molar-refractivity contribution in [1.29, 1.82) is 0 Å². The highest BCUT2D eigenvalue weighted by molar-refractivity contribution is 14.1. The molecule has 2 rings (SSSR count). The van der Waals surface area contributed by atoms with Gasteiger partial charge in [-0.05, 0) is 34.7 Å². The molecule has 0 spiro atoms. The molecule has 3 nitrogen and oxygen atoms in total. The second-order valence-corrected chi connectivity index (χ2v) is 4.17. The van der Waals surface area contributed by atoms with Crippen LogP contribution >= 0.6 is 22.6 Å². The van der Waals surface area contributed by atoms with Crippen LogP contribution in [-0.4, -0.2) is 12.0 Å². The Bertz CT molecular complexity index is 528. The number of nitrogens with two attached hydrogens (primary N) is 1. The number of hydrogen-bond donors (Lipinski definition) is 2. The zero-order valence-corrected chi connectivity index (χ0v) is 10.2. The molecular formula is C10H9FIN3. The fraction of sp³-hybridized carbons (Fsp3) is 0.100. The van der Waals surface area contributed by atoms with Crippen LogP contribution in [0.4, 0.5) is 15.8 Å². The first kappa shape index (κ1) is 10.4. The molecule has 1 heterocycles. The maximum atomic E-state index is 13.3. The topological polar surface area (TPSA) is 50.9 Å². The lowest BCUT2D eigenvalue weighted by Gasteiger charge is -2.09. The molecule has 3 N–H and O–H groups in total. The summed E-state index contributed by atoms with van der Waals surface area (Å²) < 4.78 is 13.8. The van der Waals surface area contributed by atoms with Gasteiger partial charge < -0.3 is 11.1 Å². The van der Waals surface area contributed by atoms with E-state index in [-0.39, 0.29) is 5.82 Å². The molecule has 1 aromatic carbocycles. The van der Waals surface area contributed by atoms with Gasteiger partial charge in [0.2, 0.25) is 0 Å². The monoisotopic (exact) mass is 317 g/mol. The van der Waals surface area contributed by atoms with Gasteiger partial charge in [0.05, 0.1) is 26.7 Å². The Hall–Kier alpha value is -1.11. The summed E-state index contributed by atoms with van der Waals surface area (Å²) in [6, 6.07) is 3.11. The zero-order chi connectivity index (χ0) is 11.0. The number of nitrogens with zero attached hydrogens (tertiary/aromatic N) is 1. The van der Waals surface area contributed by atoms with Gasteiger partial charge in [0.25, 0.3) is 0 Å². The molecular weight excluding hydrogens is 308 g/mol. The van der Waals surface area contributed by atoms with E-state index in [4.69, 9.17) is 5.73 Å². The molecule has 0 saturated heterocycles. The maximum Gasteiger partial charge on any atom is 0.138 e. The molecule has 15 heavy (non-hydrogen) atoms. The van der Waals surface area contributed by atoms with E-state index in [0.29, 0.717) is 14.8 Å². The van der Waals surface area contributed by atoms with Gasteiger partial charge in [0.15, 0.2) is 0 Å². The fourth-order valence-electron chi connectivity index (χ4n) is 1.50. The Balaban J connectivity index is 2.89. The summed E-state index contributed by atoms with van der Waals surface area (Å²) in [5, 5.41) is 3.83. The average molecular weight is 317 g/mol. The number of pyridine rings is 1. The summed E-state index contributed by atoms with van der Waals surface area (Å²) >= 11 is 1.94. The molecule has 0 aliphatic carbocycles. The number of nitrogen functional groups attached to an aromatic ring is 1. The number of rotatable bonds is 1. The van der Waals surface area contributed by atoms with Crippen molar-refractivity contribution >= 4 is 44.9 Å². The molecule has 0 unspecified atom stereocenters. The molecule has 5 heteroatoms. The number of fused-ring (bicyclic) bond motifs is 1. The van der Waals surface area contributed by atoms with E-state index in [9.17, 15) is 4.39 Å². The lowest BCUT2D eigenvalue weighted by molar-refractivity contribution is 0.622. The van der Waals surface area contributed by atoms with Gasteiger partial charge in [-0.2, -0.15) is 0 Å². The van der Waals surface area contributed by atoms with Crippen molar-refractivity contribution in [2.24, 2.45) is 0 Å². The number of nitrogens with one attached hydrogen (secondary N) is 1. The van der Waals surface area contributed by atoms with Crippen LogP contribution < -0.4 is 11.1 Å². The molecule has 0 radical (unpaired) electrons. The van der Waals surface area contributed by atoms with Crippen LogP contribution in [0.1, 0.15) is 0 Å². The van der Waals surface area contributed by atoms with Crippen molar-refractivity contribution in [3.63, 3.8) is 0 Å². The predicted molar refractivity (Wildman–Crippen MR) is 68.4 cm³/mol. The molecule has 0 fully saturated rings. The van der Waals surface area contributed by atoms with E-state index in [1.807, 2.05) is 22.6 Å². The first-order valence-electron chi connectivity index (χ1n) is 4.35. The predicted octanol–water partition coefficient (Wildman–Crippen LogP) is 2.60. The SMILES string of the molecule is CNc1c(N)cnc2c(I)c(F)ccc12. The molecule has 1 aromatic heterocycles. The van der Waals surface area contributed by atoms with Gasteiger partial charge in [-0.3, -0.25) is 4.98 Å². The van der Waals surface area contributed by atoms with Crippen LogP contribution in [0.25, 0.3) is 10.9 Å². The van der Waals surface area contributed by atoms with E-state index in [2.05, 4.69) is 10.3 Å². The van der Waals surface area contributed by atoms with Gasteiger partial charge in [-0.15, -0.1) is 0 Å². The summed E-state index contributed by atoms with van der Waals surface area (Å²) in [5.74, 6) is -0.262. The third kappa shape index (κ3) is 1.60. The third-order valence-corrected chi connectivity index (χ3v) is 3.24. The zero-order valence-electron chi connectivity index (χ0n) is 8.01. The van der Waals surface area contributed by atoms with Crippen molar-refractivity contribution in [1.82, 2.24) is 4.98 Å². The lowest BCUT2D eigenvalue weighted by Crippen LogP contribution is -1.99. The smallest absolute Gasteiger partial charge is 0.138 e. The summed E-state index contributed by atoms with van der Waals surface area (Å²) in [6.07, 6.45) is 1.54. The molecule has 0 bridgehead atoms. The van der Waals surface area contributed by atoms with Gasteiger partial charge in [-0.25, -0.2) is 4.39 Å². The Labute approximate surface area is 100 Å². The van der Waals surface area contributed by atoms with Crippen LogP contribution in [0.15, 0.2) is 18.3 Å². The van der Waals surface area contributed by atoms with Crippen LogP contribution in [0.5, 0.6) is 0 Å². The first-order valence-corrected chi connectivity index (χ1v) is 5.43. The number of halogens is 2. The van der Waals surface area contributed by atoms with E-state index in [0.717, 1.165) is 11.1 Å². The number of benzene rings is 1. The molecule has 0 atom stereocenters. The molecule has 0 aliphatic rings. The highest BCUT2D eigenvalue weighted by atomic mass is 127.